The molecular formula is C77H145NO5. The number of carbonyl (C=O) groups is 2. The Balaban J connectivity index is 3.41. The third-order valence-corrected chi connectivity index (χ3v) is 17.3. The quantitative estimate of drug-likeness (QED) is 0.0320. The molecule has 0 aromatic carbocycles. The molecule has 6 heteroatoms. The normalized spacial score (nSPS) is 12.8. The Kier molecular flexibility index (Phi) is 70.4. The van der Waals surface area contributed by atoms with Gasteiger partial charge in [-0.1, -0.05) is 358 Å². The number of hydrogen-bond acceptors (Lipinski definition) is 5. The highest BCUT2D eigenvalue weighted by molar-refractivity contribution is 5.76. The van der Waals surface area contributed by atoms with Gasteiger partial charge in [0.1, 0.15) is 0 Å². The number of carbonyl (C=O) groups excluding carboxylic acids is 2. The molecule has 2 unspecified atom stereocenters. The fourth-order valence-electron chi connectivity index (χ4n) is 11.6. The van der Waals surface area contributed by atoms with Gasteiger partial charge in [-0.3, -0.25) is 9.59 Å². The lowest BCUT2D eigenvalue weighted by Gasteiger charge is -2.20. The van der Waals surface area contributed by atoms with Gasteiger partial charge >= 0.3 is 5.97 Å². The van der Waals surface area contributed by atoms with E-state index in [1.165, 1.54) is 327 Å². The van der Waals surface area contributed by atoms with Gasteiger partial charge in [0.15, 0.2) is 0 Å². The van der Waals surface area contributed by atoms with Gasteiger partial charge in [0, 0.05) is 12.8 Å². The van der Waals surface area contributed by atoms with E-state index < -0.39 is 12.1 Å². The summed E-state index contributed by atoms with van der Waals surface area (Å²) in [7, 11) is 0. The van der Waals surface area contributed by atoms with E-state index in [-0.39, 0.29) is 18.5 Å². The van der Waals surface area contributed by atoms with Crippen LogP contribution >= 0.6 is 0 Å². The van der Waals surface area contributed by atoms with Crippen molar-refractivity contribution in [2.75, 3.05) is 13.2 Å². The lowest BCUT2D eigenvalue weighted by atomic mass is 10.0. The van der Waals surface area contributed by atoms with Gasteiger partial charge in [0.25, 0.3) is 0 Å². The summed E-state index contributed by atoms with van der Waals surface area (Å²) >= 11 is 0. The van der Waals surface area contributed by atoms with E-state index in [2.05, 4.69) is 55.6 Å². The number of aliphatic hydroxyl groups excluding tert-OH is 2. The van der Waals surface area contributed by atoms with Crippen molar-refractivity contribution < 1.29 is 24.5 Å². The summed E-state index contributed by atoms with van der Waals surface area (Å²) in [6, 6.07) is -0.629. The molecule has 1 amide bonds. The average molecular weight is 1170 g/mol. The van der Waals surface area contributed by atoms with Crippen LogP contribution in [0.1, 0.15) is 406 Å². The molecule has 0 aliphatic rings. The van der Waals surface area contributed by atoms with Crippen LogP contribution in [0, 0.1) is 0 Å². The predicted octanol–water partition coefficient (Wildman–Crippen LogP) is 24.4. The fourth-order valence-corrected chi connectivity index (χ4v) is 11.6. The Hall–Kier alpha value is -2.18. The Bertz CT molecular complexity index is 1390. The lowest BCUT2D eigenvalue weighted by Crippen LogP contribution is -2.45. The second-order valence-corrected chi connectivity index (χ2v) is 25.6. The molecule has 0 saturated heterocycles. The maximum Gasteiger partial charge on any atom is 0.305 e. The highest BCUT2D eigenvalue weighted by atomic mass is 16.5. The average Bonchev–Trinajstić information content (AvgIpc) is 3.48. The van der Waals surface area contributed by atoms with Crippen LogP contribution in [0.5, 0.6) is 0 Å². The Morgan fingerprint density at radius 2 is 0.627 bits per heavy atom. The minimum Gasteiger partial charge on any atom is -0.466 e. The van der Waals surface area contributed by atoms with Crippen molar-refractivity contribution in [3.05, 3.63) is 48.6 Å². The van der Waals surface area contributed by atoms with Crippen molar-refractivity contribution in [1.82, 2.24) is 5.32 Å². The predicted molar refractivity (Wildman–Crippen MR) is 366 cm³/mol. The van der Waals surface area contributed by atoms with Crippen molar-refractivity contribution in [3.8, 4) is 0 Å². The molecule has 0 radical (unpaired) electrons. The third-order valence-electron chi connectivity index (χ3n) is 17.3. The van der Waals surface area contributed by atoms with Gasteiger partial charge in [-0.15, -0.1) is 0 Å². The van der Waals surface area contributed by atoms with Crippen molar-refractivity contribution in [1.29, 1.82) is 0 Å². The molecule has 0 aromatic heterocycles. The van der Waals surface area contributed by atoms with Gasteiger partial charge < -0.3 is 20.3 Å². The zero-order valence-corrected chi connectivity index (χ0v) is 55.9. The van der Waals surface area contributed by atoms with Crippen LogP contribution in [0.3, 0.4) is 0 Å². The lowest BCUT2D eigenvalue weighted by molar-refractivity contribution is -0.143. The van der Waals surface area contributed by atoms with E-state index in [1.807, 2.05) is 6.08 Å². The van der Waals surface area contributed by atoms with Gasteiger partial charge in [0.05, 0.1) is 25.4 Å². The third kappa shape index (κ3) is 68.8. The smallest absolute Gasteiger partial charge is 0.305 e. The first kappa shape index (κ1) is 80.8. The summed E-state index contributed by atoms with van der Waals surface area (Å²) in [6.45, 7) is 4.87. The topological polar surface area (TPSA) is 95.9 Å². The van der Waals surface area contributed by atoms with E-state index in [1.54, 1.807) is 6.08 Å². The summed E-state index contributed by atoms with van der Waals surface area (Å²) in [4.78, 5) is 24.6. The van der Waals surface area contributed by atoms with Crippen LogP contribution in [0.2, 0.25) is 0 Å². The molecule has 0 aliphatic carbocycles. The minimum absolute atomic E-state index is 0.00101. The number of hydrogen-bond donors (Lipinski definition) is 3. The van der Waals surface area contributed by atoms with Crippen molar-refractivity contribution in [2.45, 2.75) is 418 Å². The summed E-state index contributed by atoms with van der Waals surface area (Å²) in [5, 5.41) is 23.3. The summed E-state index contributed by atoms with van der Waals surface area (Å²) in [5.74, 6) is -0.0621. The zero-order chi connectivity index (χ0) is 59.9. The zero-order valence-electron chi connectivity index (χ0n) is 55.9. The molecule has 0 fully saturated rings. The number of unbranched alkanes of at least 4 members (excludes halogenated alkanes) is 53. The van der Waals surface area contributed by atoms with Crippen LogP contribution < -0.4 is 5.32 Å². The van der Waals surface area contributed by atoms with Gasteiger partial charge in [-0.05, 0) is 83.5 Å². The van der Waals surface area contributed by atoms with Gasteiger partial charge in [-0.25, -0.2) is 0 Å². The van der Waals surface area contributed by atoms with Crippen LogP contribution in [-0.2, 0) is 14.3 Å². The van der Waals surface area contributed by atoms with E-state index >= 15 is 0 Å². The molecule has 0 aliphatic heterocycles. The highest BCUT2D eigenvalue weighted by Gasteiger charge is 2.18. The Morgan fingerprint density at radius 1 is 0.337 bits per heavy atom. The molecule has 0 aromatic rings. The number of amides is 1. The van der Waals surface area contributed by atoms with Crippen molar-refractivity contribution in [2.24, 2.45) is 0 Å². The molecule has 3 N–H and O–H groups in total. The number of rotatable bonds is 70. The summed E-state index contributed by atoms with van der Waals surface area (Å²) < 4.78 is 5.48. The van der Waals surface area contributed by atoms with Crippen LogP contribution in [0.4, 0.5) is 0 Å². The van der Waals surface area contributed by atoms with Gasteiger partial charge in [-0.2, -0.15) is 0 Å². The molecule has 0 heterocycles. The first-order chi connectivity index (χ1) is 41.0. The van der Waals surface area contributed by atoms with E-state index in [0.29, 0.717) is 19.4 Å². The van der Waals surface area contributed by atoms with Crippen LogP contribution in [0.25, 0.3) is 0 Å². The van der Waals surface area contributed by atoms with Crippen molar-refractivity contribution >= 4 is 11.9 Å². The van der Waals surface area contributed by atoms with Gasteiger partial charge in [0.2, 0.25) is 5.91 Å². The fraction of sp³-hybridized carbons (Fsp3) is 0.870. The second kappa shape index (κ2) is 72.3. The summed E-state index contributed by atoms with van der Waals surface area (Å²) in [5.41, 5.74) is 0. The standard InChI is InChI=1S/C77H145NO5/c1-3-5-7-9-11-13-15-17-18-19-20-21-22-30-33-36-39-42-46-49-53-57-61-65-69-75(80)74(73-79)78-76(81)70-66-62-58-54-50-47-43-40-37-34-31-28-26-24-23-25-27-29-32-35-38-41-44-48-52-56-60-64-68-72-83-77(82)71-67-63-59-55-51-45-16-14-12-10-8-6-4-2/h8,10,14,16,23,25,65,69,74-75,79-80H,3-7,9,11-13,15,17-22,24,26-64,66-68,70-73H2,1-2H3,(H,78,81)/b10-8-,16-14-,25-23-,69-65+. The Morgan fingerprint density at radius 3 is 0.976 bits per heavy atom. The molecular weight excluding hydrogens is 1020 g/mol. The molecule has 83 heavy (non-hydrogen) atoms. The molecule has 488 valence electrons. The van der Waals surface area contributed by atoms with Crippen LogP contribution in [0.15, 0.2) is 48.6 Å². The molecule has 0 spiro atoms. The van der Waals surface area contributed by atoms with E-state index in [9.17, 15) is 19.8 Å². The number of allylic oxidation sites excluding steroid dienone is 7. The first-order valence-corrected chi connectivity index (χ1v) is 37.4. The molecule has 0 bridgehead atoms. The maximum atomic E-state index is 12.5. The van der Waals surface area contributed by atoms with E-state index in [4.69, 9.17) is 4.74 Å². The SMILES string of the molecule is CCC/C=C\C/C=C\CCCCCCCC(=O)OCCCCCCCCCCCCCC/C=C\CCCCCCCCCCCCCCCC(=O)NC(CO)C(O)/C=C/CCCCCCCCCCCCCCCCCCCCCCCC. The number of nitrogens with one attached hydrogen (secondary N) is 1. The number of aliphatic hydroxyl groups is 2. The summed E-state index contributed by atoms with van der Waals surface area (Å²) in [6.07, 6.45) is 95.0. The highest BCUT2D eigenvalue weighted by Crippen LogP contribution is 2.19. The first-order valence-electron chi connectivity index (χ1n) is 37.4. The number of esters is 1. The monoisotopic (exact) mass is 1160 g/mol. The Labute approximate surface area is 518 Å². The van der Waals surface area contributed by atoms with Crippen molar-refractivity contribution in [3.63, 3.8) is 0 Å². The van der Waals surface area contributed by atoms with E-state index in [0.717, 1.165) is 51.4 Å². The number of ether oxygens (including phenoxy) is 1. The largest absolute Gasteiger partial charge is 0.466 e. The molecule has 0 rings (SSSR count). The van der Waals surface area contributed by atoms with Crippen LogP contribution in [-0.4, -0.2) is 47.4 Å². The molecule has 6 nitrogen and oxygen atoms in total. The minimum atomic E-state index is -0.846. The molecule has 0 saturated carbocycles. The second-order valence-electron chi connectivity index (χ2n) is 25.6. The maximum absolute atomic E-state index is 12.5. The molecule has 2 atom stereocenters.